The third-order valence-electron chi connectivity index (χ3n) is 3.15. The van der Waals surface area contributed by atoms with Crippen molar-refractivity contribution in [3.63, 3.8) is 0 Å². The lowest BCUT2D eigenvalue weighted by Crippen LogP contribution is -2.22. The van der Waals surface area contributed by atoms with Gasteiger partial charge in [0.15, 0.2) is 5.43 Å². The summed E-state index contributed by atoms with van der Waals surface area (Å²) in [5, 5.41) is 9.28. The molecule has 0 aliphatic rings. The second-order valence-corrected chi connectivity index (χ2v) is 4.43. The zero-order chi connectivity index (χ0) is 14.9. The monoisotopic (exact) mass is 275 g/mol. The van der Waals surface area contributed by atoms with E-state index in [0.717, 1.165) is 0 Å². The number of hydrogen-bond acceptors (Lipinski definition) is 2. The van der Waals surface area contributed by atoms with E-state index in [-0.39, 0.29) is 11.3 Å². The number of carbonyl (C=O) groups is 1. The number of nitrogens with zero attached hydrogens (tertiary/aromatic N) is 1. The number of hydrogen-bond donors (Lipinski definition) is 1. The van der Waals surface area contributed by atoms with Gasteiger partial charge in [-0.05, 0) is 26.0 Å². The summed E-state index contributed by atoms with van der Waals surface area (Å²) < 4.78 is 15.1. The number of carboxylic acids is 1. The van der Waals surface area contributed by atoms with Crippen LogP contribution in [0.15, 0.2) is 35.1 Å². The number of benzene rings is 1. The van der Waals surface area contributed by atoms with Gasteiger partial charge in [0, 0.05) is 23.9 Å². The summed E-state index contributed by atoms with van der Waals surface area (Å²) in [6.45, 7) is 4.05. The number of aryl methyl sites for hydroxylation is 1. The maximum absolute atomic E-state index is 13.4. The molecule has 0 bridgehead atoms. The predicted molar refractivity (Wildman–Crippen MR) is 73.5 cm³/mol. The molecule has 1 aromatic heterocycles. The molecule has 0 fully saturated rings. The molecule has 20 heavy (non-hydrogen) atoms. The van der Waals surface area contributed by atoms with E-state index >= 15 is 0 Å². The lowest BCUT2D eigenvalue weighted by molar-refractivity contribution is 0.0695. The zero-order valence-electron chi connectivity index (χ0n) is 11.2. The van der Waals surface area contributed by atoms with Crippen LogP contribution >= 0.6 is 0 Å². The second kappa shape index (κ2) is 5.28. The molecule has 0 atom stereocenters. The largest absolute Gasteiger partial charge is 0.477 e. The molecule has 1 N–H and O–H groups in total. The van der Waals surface area contributed by atoms with Gasteiger partial charge in [0.05, 0.1) is 5.69 Å². The molecule has 4 nitrogen and oxygen atoms in total. The first-order valence-corrected chi connectivity index (χ1v) is 6.19. The summed E-state index contributed by atoms with van der Waals surface area (Å²) in [6.07, 6.45) is 0. The molecule has 2 rings (SSSR count). The summed E-state index contributed by atoms with van der Waals surface area (Å²) in [7, 11) is 0. The molecule has 0 unspecified atom stereocenters. The Morgan fingerprint density at radius 1 is 1.35 bits per heavy atom. The Labute approximate surface area is 115 Å². The smallest absolute Gasteiger partial charge is 0.341 e. The van der Waals surface area contributed by atoms with Crippen LogP contribution in [0, 0.1) is 12.7 Å². The predicted octanol–water partition coefficient (Wildman–Crippen LogP) is 2.68. The van der Waals surface area contributed by atoms with E-state index in [1.807, 2.05) is 6.92 Å². The molecule has 0 aliphatic heterocycles. The van der Waals surface area contributed by atoms with E-state index in [1.165, 1.54) is 24.3 Å². The molecular formula is C15H14FNO3. The number of rotatable bonds is 3. The Balaban J connectivity index is 2.91. The van der Waals surface area contributed by atoms with Crippen molar-refractivity contribution in [3.05, 3.63) is 57.6 Å². The van der Waals surface area contributed by atoms with Gasteiger partial charge in [-0.3, -0.25) is 4.79 Å². The highest BCUT2D eigenvalue weighted by Crippen LogP contribution is 2.24. The SMILES string of the molecule is CCn1c(C)cc(=O)c(C(=O)O)c1-c1cccc(F)c1. The van der Waals surface area contributed by atoms with Crippen LogP contribution in [0.4, 0.5) is 4.39 Å². The van der Waals surface area contributed by atoms with E-state index < -0.39 is 17.2 Å². The Hall–Kier alpha value is -2.43. The fourth-order valence-corrected chi connectivity index (χ4v) is 2.32. The average Bonchev–Trinajstić information content (AvgIpc) is 2.37. The van der Waals surface area contributed by atoms with E-state index in [9.17, 15) is 19.1 Å². The van der Waals surface area contributed by atoms with Crippen LogP contribution in [0.5, 0.6) is 0 Å². The van der Waals surface area contributed by atoms with Gasteiger partial charge >= 0.3 is 5.97 Å². The Morgan fingerprint density at radius 2 is 2.05 bits per heavy atom. The van der Waals surface area contributed by atoms with Crippen molar-refractivity contribution in [2.75, 3.05) is 0 Å². The molecule has 104 valence electrons. The van der Waals surface area contributed by atoms with Crippen LogP contribution in [0.25, 0.3) is 11.3 Å². The van der Waals surface area contributed by atoms with Gasteiger partial charge < -0.3 is 9.67 Å². The summed E-state index contributed by atoms with van der Waals surface area (Å²) in [5.41, 5.74) is 0.360. The molecule has 1 heterocycles. The van der Waals surface area contributed by atoms with Crippen molar-refractivity contribution < 1.29 is 14.3 Å². The van der Waals surface area contributed by atoms with Crippen LogP contribution < -0.4 is 5.43 Å². The van der Waals surface area contributed by atoms with Crippen molar-refractivity contribution in [1.82, 2.24) is 4.57 Å². The maximum atomic E-state index is 13.4. The molecule has 0 aliphatic carbocycles. The van der Waals surface area contributed by atoms with Crippen molar-refractivity contribution in [3.8, 4) is 11.3 Å². The minimum atomic E-state index is -1.31. The third-order valence-corrected chi connectivity index (χ3v) is 3.15. The van der Waals surface area contributed by atoms with E-state index in [0.29, 0.717) is 17.8 Å². The normalized spacial score (nSPS) is 10.6. The van der Waals surface area contributed by atoms with Gasteiger partial charge in [0.2, 0.25) is 0 Å². The number of halogens is 1. The fraction of sp³-hybridized carbons (Fsp3) is 0.200. The first-order valence-electron chi connectivity index (χ1n) is 6.19. The highest BCUT2D eigenvalue weighted by Gasteiger charge is 2.20. The highest BCUT2D eigenvalue weighted by atomic mass is 19.1. The number of carboxylic acid groups (broad SMARTS) is 1. The number of pyridine rings is 1. The number of aromatic carboxylic acids is 1. The van der Waals surface area contributed by atoms with Crippen LogP contribution in [-0.4, -0.2) is 15.6 Å². The van der Waals surface area contributed by atoms with Crippen LogP contribution in [-0.2, 0) is 6.54 Å². The lowest BCUT2D eigenvalue weighted by atomic mass is 10.0. The lowest BCUT2D eigenvalue weighted by Gasteiger charge is -2.17. The summed E-state index contributed by atoms with van der Waals surface area (Å²) in [4.78, 5) is 23.3. The first-order chi connectivity index (χ1) is 9.45. The molecule has 0 amide bonds. The van der Waals surface area contributed by atoms with Gasteiger partial charge in [-0.15, -0.1) is 0 Å². The molecule has 0 saturated carbocycles. The molecule has 5 heteroatoms. The minimum absolute atomic E-state index is 0.240. The molecular weight excluding hydrogens is 261 g/mol. The fourth-order valence-electron chi connectivity index (χ4n) is 2.32. The average molecular weight is 275 g/mol. The van der Waals surface area contributed by atoms with E-state index in [1.54, 1.807) is 17.6 Å². The molecule has 0 saturated heterocycles. The van der Waals surface area contributed by atoms with E-state index in [2.05, 4.69) is 0 Å². The van der Waals surface area contributed by atoms with Crippen LogP contribution in [0.2, 0.25) is 0 Å². The zero-order valence-corrected chi connectivity index (χ0v) is 11.2. The molecule has 0 spiro atoms. The maximum Gasteiger partial charge on any atom is 0.341 e. The van der Waals surface area contributed by atoms with E-state index in [4.69, 9.17) is 0 Å². The molecule has 2 aromatic rings. The second-order valence-electron chi connectivity index (χ2n) is 4.43. The Morgan fingerprint density at radius 3 is 2.60 bits per heavy atom. The number of aromatic nitrogens is 1. The molecule has 1 aromatic carbocycles. The van der Waals surface area contributed by atoms with Crippen molar-refractivity contribution >= 4 is 5.97 Å². The quantitative estimate of drug-likeness (QED) is 0.936. The minimum Gasteiger partial charge on any atom is -0.477 e. The van der Waals surface area contributed by atoms with Crippen molar-refractivity contribution in [2.45, 2.75) is 20.4 Å². The van der Waals surface area contributed by atoms with Crippen LogP contribution in [0.1, 0.15) is 23.0 Å². The molecule has 0 radical (unpaired) electrons. The van der Waals surface area contributed by atoms with Gasteiger partial charge in [0.1, 0.15) is 11.4 Å². The van der Waals surface area contributed by atoms with Gasteiger partial charge in [-0.1, -0.05) is 12.1 Å². The topological polar surface area (TPSA) is 59.3 Å². The van der Waals surface area contributed by atoms with Crippen molar-refractivity contribution in [1.29, 1.82) is 0 Å². The highest BCUT2D eigenvalue weighted by molar-refractivity contribution is 5.94. The summed E-state index contributed by atoms with van der Waals surface area (Å²) in [6, 6.07) is 6.87. The third kappa shape index (κ3) is 2.34. The van der Waals surface area contributed by atoms with Crippen molar-refractivity contribution in [2.24, 2.45) is 0 Å². The first kappa shape index (κ1) is 14.0. The van der Waals surface area contributed by atoms with Gasteiger partial charge in [0.25, 0.3) is 0 Å². The Kier molecular flexibility index (Phi) is 3.70. The van der Waals surface area contributed by atoms with Crippen LogP contribution in [0.3, 0.4) is 0 Å². The summed E-state index contributed by atoms with van der Waals surface area (Å²) >= 11 is 0. The standard InChI is InChI=1S/C15H14FNO3/c1-3-17-9(2)7-12(18)13(15(19)20)14(17)10-5-4-6-11(16)8-10/h4-8H,3H2,1-2H3,(H,19,20). The summed E-state index contributed by atoms with van der Waals surface area (Å²) in [5.74, 6) is -1.79. The van der Waals surface area contributed by atoms with Gasteiger partial charge in [-0.2, -0.15) is 0 Å². The Bertz CT molecular complexity index is 734. The van der Waals surface area contributed by atoms with Gasteiger partial charge in [-0.25, -0.2) is 9.18 Å².